The van der Waals surface area contributed by atoms with Crippen LogP contribution in [0, 0.1) is 6.92 Å². The van der Waals surface area contributed by atoms with Crippen molar-refractivity contribution in [3.63, 3.8) is 0 Å². The fourth-order valence-electron chi connectivity index (χ4n) is 1.54. The molecule has 0 radical (unpaired) electrons. The molecule has 2 aromatic heterocycles. The van der Waals surface area contributed by atoms with Gasteiger partial charge in [-0.15, -0.1) is 11.3 Å². The highest BCUT2D eigenvalue weighted by Gasteiger charge is 2.16. The van der Waals surface area contributed by atoms with E-state index in [2.05, 4.69) is 15.3 Å². The highest BCUT2D eigenvalue weighted by molar-refractivity contribution is 7.11. The van der Waals surface area contributed by atoms with Crippen LogP contribution in [0.25, 0.3) is 0 Å². The van der Waals surface area contributed by atoms with E-state index < -0.39 is 5.97 Å². The summed E-state index contributed by atoms with van der Waals surface area (Å²) in [5.41, 5.74) is 2.03. The van der Waals surface area contributed by atoms with Gasteiger partial charge >= 0.3 is 5.97 Å². The van der Waals surface area contributed by atoms with E-state index in [4.69, 9.17) is 4.74 Å². The molecule has 0 bridgehead atoms. The van der Waals surface area contributed by atoms with Crippen LogP contribution in [-0.4, -0.2) is 28.5 Å². The van der Waals surface area contributed by atoms with Crippen LogP contribution in [-0.2, 0) is 11.3 Å². The monoisotopic (exact) mass is 305 g/mol. The first-order valence-corrected chi connectivity index (χ1v) is 7.30. The number of amides is 1. The fourth-order valence-corrected chi connectivity index (χ4v) is 2.23. The molecule has 6 nitrogen and oxygen atoms in total. The van der Waals surface area contributed by atoms with E-state index in [9.17, 15) is 9.59 Å². The van der Waals surface area contributed by atoms with Crippen LogP contribution in [0.1, 0.15) is 38.5 Å². The van der Waals surface area contributed by atoms with Crippen LogP contribution in [0.3, 0.4) is 0 Å². The van der Waals surface area contributed by atoms with Gasteiger partial charge in [0.1, 0.15) is 5.69 Å². The summed E-state index contributed by atoms with van der Waals surface area (Å²) in [5, 5.41) is 4.45. The molecule has 2 aromatic rings. The Morgan fingerprint density at radius 3 is 2.86 bits per heavy atom. The van der Waals surface area contributed by atoms with Crippen LogP contribution in [0.2, 0.25) is 0 Å². The molecule has 2 rings (SSSR count). The van der Waals surface area contributed by atoms with Crippen molar-refractivity contribution in [2.75, 3.05) is 6.61 Å². The van der Waals surface area contributed by atoms with E-state index in [1.54, 1.807) is 13.1 Å². The SMILES string of the molecule is CCOC(=O)c1nc(C(=O)NCc2ccc(C)nc2)cs1. The van der Waals surface area contributed by atoms with Crippen molar-refractivity contribution >= 4 is 23.2 Å². The highest BCUT2D eigenvalue weighted by atomic mass is 32.1. The summed E-state index contributed by atoms with van der Waals surface area (Å²) in [7, 11) is 0. The molecule has 1 N–H and O–H groups in total. The molecule has 0 aliphatic rings. The van der Waals surface area contributed by atoms with Crippen molar-refractivity contribution in [3.8, 4) is 0 Å². The van der Waals surface area contributed by atoms with E-state index in [1.807, 2.05) is 19.1 Å². The molecular formula is C14H15N3O3S. The van der Waals surface area contributed by atoms with Gasteiger partial charge in [-0.2, -0.15) is 0 Å². The smallest absolute Gasteiger partial charge is 0.367 e. The number of carbonyl (C=O) groups is 2. The van der Waals surface area contributed by atoms with Crippen molar-refractivity contribution in [3.05, 3.63) is 45.7 Å². The van der Waals surface area contributed by atoms with E-state index in [0.29, 0.717) is 6.54 Å². The molecule has 0 spiro atoms. The van der Waals surface area contributed by atoms with Crippen LogP contribution in [0.4, 0.5) is 0 Å². The first-order chi connectivity index (χ1) is 10.1. The van der Waals surface area contributed by atoms with E-state index in [-0.39, 0.29) is 23.2 Å². The highest BCUT2D eigenvalue weighted by Crippen LogP contribution is 2.11. The van der Waals surface area contributed by atoms with Gasteiger partial charge in [-0.05, 0) is 25.5 Å². The van der Waals surface area contributed by atoms with Crippen LogP contribution < -0.4 is 5.32 Å². The lowest BCUT2D eigenvalue weighted by molar-refractivity contribution is 0.0526. The minimum Gasteiger partial charge on any atom is -0.461 e. The lowest BCUT2D eigenvalue weighted by Gasteiger charge is -2.03. The summed E-state index contributed by atoms with van der Waals surface area (Å²) < 4.78 is 4.83. The van der Waals surface area contributed by atoms with Gasteiger partial charge in [-0.25, -0.2) is 9.78 Å². The Morgan fingerprint density at radius 1 is 1.38 bits per heavy atom. The number of rotatable bonds is 5. The zero-order chi connectivity index (χ0) is 15.2. The molecule has 0 fully saturated rings. The number of hydrogen-bond acceptors (Lipinski definition) is 6. The normalized spacial score (nSPS) is 10.2. The molecular weight excluding hydrogens is 290 g/mol. The molecule has 0 aliphatic heterocycles. The summed E-state index contributed by atoms with van der Waals surface area (Å²) >= 11 is 1.09. The molecule has 0 saturated carbocycles. The molecule has 21 heavy (non-hydrogen) atoms. The van der Waals surface area contributed by atoms with Gasteiger partial charge in [0.2, 0.25) is 5.01 Å². The second-order valence-electron chi connectivity index (χ2n) is 4.25. The number of nitrogens with zero attached hydrogens (tertiary/aromatic N) is 2. The summed E-state index contributed by atoms with van der Waals surface area (Å²) in [6.07, 6.45) is 1.71. The van der Waals surface area contributed by atoms with Gasteiger partial charge in [0.25, 0.3) is 5.91 Å². The summed E-state index contributed by atoms with van der Waals surface area (Å²) in [5.74, 6) is -0.841. The van der Waals surface area contributed by atoms with Crippen molar-refractivity contribution in [1.29, 1.82) is 0 Å². The number of ether oxygens (including phenoxy) is 1. The van der Waals surface area contributed by atoms with Crippen LogP contribution >= 0.6 is 11.3 Å². The number of esters is 1. The fraction of sp³-hybridized carbons (Fsp3) is 0.286. The minimum atomic E-state index is -0.510. The van der Waals surface area contributed by atoms with Gasteiger partial charge in [-0.3, -0.25) is 9.78 Å². The number of pyridine rings is 1. The van der Waals surface area contributed by atoms with Crippen LogP contribution in [0.5, 0.6) is 0 Å². The topological polar surface area (TPSA) is 81.2 Å². The maximum Gasteiger partial charge on any atom is 0.367 e. The number of aromatic nitrogens is 2. The number of hydrogen-bond donors (Lipinski definition) is 1. The summed E-state index contributed by atoms with van der Waals surface area (Å²) in [4.78, 5) is 31.5. The molecule has 0 unspecified atom stereocenters. The van der Waals surface area contributed by atoms with E-state index in [0.717, 1.165) is 22.6 Å². The largest absolute Gasteiger partial charge is 0.461 e. The van der Waals surface area contributed by atoms with Gasteiger partial charge in [0, 0.05) is 23.8 Å². The maximum absolute atomic E-state index is 11.9. The second kappa shape index (κ2) is 6.94. The Balaban J connectivity index is 1.94. The van der Waals surface area contributed by atoms with E-state index >= 15 is 0 Å². The minimum absolute atomic E-state index is 0.180. The lowest BCUT2D eigenvalue weighted by Crippen LogP contribution is -2.23. The quantitative estimate of drug-likeness (QED) is 0.854. The Kier molecular flexibility index (Phi) is 4.99. The molecule has 0 atom stereocenters. The Labute approximate surface area is 126 Å². The molecule has 2 heterocycles. The molecule has 1 amide bonds. The van der Waals surface area contributed by atoms with Gasteiger partial charge < -0.3 is 10.1 Å². The molecule has 7 heteroatoms. The van der Waals surface area contributed by atoms with Crippen LogP contribution in [0.15, 0.2) is 23.7 Å². The summed E-state index contributed by atoms with van der Waals surface area (Å²) in [6, 6.07) is 3.77. The van der Waals surface area contributed by atoms with Crippen molar-refractivity contribution < 1.29 is 14.3 Å². The second-order valence-corrected chi connectivity index (χ2v) is 5.11. The molecule has 0 aromatic carbocycles. The zero-order valence-electron chi connectivity index (χ0n) is 11.8. The zero-order valence-corrected chi connectivity index (χ0v) is 12.6. The Morgan fingerprint density at radius 2 is 2.19 bits per heavy atom. The molecule has 0 saturated heterocycles. The standard InChI is InChI=1S/C14H15N3O3S/c1-3-20-14(19)13-17-11(8-21-13)12(18)16-7-10-5-4-9(2)15-6-10/h4-6,8H,3,7H2,1-2H3,(H,16,18). The first kappa shape index (κ1) is 15.1. The Bertz CT molecular complexity index is 637. The third-order valence-corrected chi connectivity index (χ3v) is 3.43. The maximum atomic E-state index is 11.9. The van der Waals surface area contributed by atoms with Gasteiger partial charge in [-0.1, -0.05) is 6.07 Å². The third kappa shape index (κ3) is 4.09. The number of thiazole rings is 1. The lowest BCUT2D eigenvalue weighted by atomic mass is 10.2. The predicted molar refractivity (Wildman–Crippen MR) is 78.2 cm³/mol. The number of aryl methyl sites for hydroxylation is 1. The predicted octanol–water partition coefficient (Wildman–Crippen LogP) is 1.95. The van der Waals surface area contributed by atoms with Gasteiger partial charge in [0.05, 0.1) is 6.61 Å². The van der Waals surface area contributed by atoms with Crippen molar-refractivity contribution in [2.45, 2.75) is 20.4 Å². The average molecular weight is 305 g/mol. The third-order valence-electron chi connectivity index (χ3n) is 2.61. The number of nitrogens with one attached hydrogen (secondary N) is 1. The molecule has 0 aliphatic carbocycles. The first-order valence-electron chi connectivity index (χ1n) is 6.42. The van der Waals surface area contributed by atoms with Gasteiger partial charge in [0.15, 0.2) is 0 Å². The Hall–Kier alpha value is -2.28. The van der Waals surface area contributed by atoms with Crippen molar-refractivity contribution in [2.24, 2.45) is 0 Å². The summed E-state index contributed by atoms with van der Waals surface area (Å²) in [6.45, 7) is 4.25. The average Bonchev–Trinajstić information content (AvgIpc) is 2.96. The molecule has 110 valence electrons. The van der Waals surface area contributed by atoms with Crippen molar-refractivity contribution in [1.82, 2.24) is 15.3 Å². The van der Waals surface area contributed by atoms with E-state index in [1.165, 1.54) is 5.38 Å². The number of carbonyl (C=O) groups excluding carboxylic acids is 2.